The third kappa shape index (κ3) is 2.96. The van der Waals surface area contributed by atoms with Crippen LogP contribution >= 0.6 is 11.3 Å². The van der Waals surface area contributed by atoms with Crippen molar-refractivity contribution >= 4 is 16.5 Å². The summed E-state index contributed by atoms with van der Waals surface area (Å²) >= 11 is 1.77. The molecule has 0 spiro atoms. The Bertz CT molecular complexity index is 542. The molecule has 2 aromatic heterocycles. The average Bonchev–Trinajstić information content (AvgIpc) is 3.00. The number of aryl methyl sites for hydroxylation is 2. The molecule has 0 radical (unpaired) electrons. The van der Waals surface area contributed by atoms with E-state index in [1.165, 1.54) is 4.88 Å². The summed E-state index contributed by atoms with van der Waals surface area (Å²) in [5.41, 5.74) is 0.951. The zero-order chi connectivity index (χ0) is 13.2. The Morgan fingerprint density at radius 3 is 2.63 bits per heavy atom. The molecular formula is C13H18N4OS. The number of anilines is 1. The second-order valence-electron chi connectivity index (χ2n) is 4.95. The van der Waals surface area contributed by atoms with E-state index in [0.29, 0.717) is 0 Å². The fourth-order valence-corrected chi connectivity index (χ4v) is 3.11. The van der Waals surface area contributed by atoms with Crippen molar-refractivity contribution < 1.29 is 4.52 Å². The van der Waals surface area contributed by atoms with Crippen LogP contribution in [0.25, 0.3) is 0 Å². The Hall–Kier alpha value is -1.40. The number of thiazole rings is 1. The van der Waals surface area contributed by atoms with E-state index in [0.717, 1.165) is 49.3 Å². The second kappa shape index (κ2) is 5.30. The third-order valence-corrected chi connectivity index (χ3v) is 4.28. The summed E-state index contributed by atoms with van der Waals surface area (Å²) in [6.07, 6.45) is 1.95. The van der Waals surface area contributed by atoms with Crippen LogP contribution < -0.4 is 4.90 Å². The number of aromatic nitrogens is 2. The highest BCUT2D eigenvalue weighted by atomic mass is 32.1. The molecule has 5 nitrogen and oxygen atoms in total. The molecule has 1 fully saturated rings. The SMILES string of the molecule is Cc1cc(CN2CCN(c3ncc(C)s3)CC2)on1. The number of hydrogen-bond donors (Lipinski definition) is 0. The lowest BCUT2D eigenvalue weighted by molar-refractivity contribution is 0.219. The highest BCUT2D eigenvalue weighted by Crippen LogP contribution is 2.23. The van der Waals surface area contributed by atoms with Crippen molar-refractivity contribution in [1.29, 1.82) is 0 Å². The van der Waals surface area contributed by atoms with Gasteiger partial charge in [-0.1, -0.05) is 5.16 Å². The van der Waals surface area contributed by atoms with Crippen LogP contribution in [0.5, 0.6) is 0 Å². The summed E-state index contributed by atoms with van der Waals surface area (Å²) in [5, 5.41) is 5.07. The second-order valence-corrected chi connectivity index (χ2v) is 6.16. The minimum atomic E-state index is 0.853. The van der Waals surface area contributed by atoms with Gasteiger partial charge in [0.15, 0.2) is 10.9 Å². The van der Waals surface area contributed by atoms with Gasteiger partial charge in [0.2, 0.25) is 0 Å². The van der Waals surface area contributed by atoms with E-state index in [-0.39, 0.29) is 0 Å². The lowest BCUT2D eigenvalue weighted by Crippen LogP contribution is -2.45. The van der Waals surface area contributed by atoms with Crippen molar-refractivity contribution in [2.24, 2.45) is 0 Å². The first-order valence-corrected chi connectivity index (χ1v) is 7.34. The van der Waals surface area contributed by atoms with Crippen LogP contribution in [0.15, 0.2) is 16.8 Å². The fraction of sp³-hybridized carbons (Fsp3) is 0.538. The highest BCUT2D eigenvalue weighted by Gasteiger charge is 2.20. The molecule has 3 heterocycles. The lowest BCUT2D eigenvalue weighted by Gasteiger charge is -2.33. The Labute approximate surface area is 116 Å². The van der Waals surface area contributed by atoms with E-state index in [1.807, 2.05) is 19.2 Å². The molecule has 0 amide bonds. The molecule has 0 N–H and O–H groups in total. The van der Waals surface area contributed by atoms with Crippen molar-refractivity contribution in [3.05, 3.63) is 28.6 Å². The molecule has 0 bridgehead atoms. The Morgan fingerprint density at radius 1 is 1.26 bits per heavy atom. The summed E-state index contributed by atoms with van der Waals surface area (Å²) in [6.45, 7) is 9.04. The summed E-state index contributed by atoms with van der Waals surface area (Å²) < 4.78 is 5.27. The van der Waals surface area contributed by atoms with E-state index in [9.17, 15) is 0 Å². The zero-order valence-electron chi connectivity index (χ0n) is 11.3. The first kappa shape index (κ1) is 12.6. The van der Waals surface area contributed by atoms with E-state index < -0.39 is 0 Å². The van der Waals surface area contributed by atoms with Gasteiger partial charge in [0.1, 0.15) is 0 Å². The molecule has 2 aromatic rings. The van der Waals surface area contributed by atoms with Gasteiger partial charge in [-0.15, -0.1) is 11.3 Å². The van der Waals surface area contributed by atoms with Gasteiger partial charge in [0.05, 0.1) is 12.2 Å². The molecule has 102 valence electrons. The minimum Gasteiger partial charge on any atom is -0.360 e. The Kier molecular flexibility index (Phi) is 3.52. The van der Waals surface area contributed by atoms with E-state index in [1.54, 1.807) is 11.3 Å². The van der Waals surface area contributed by atoms with Gasteiger partial charge >= 0.3 is 0 Å². The monoisotopic (exact) mass is 278 g/mol. The van der Waals surface area contributed by atoms with Gasteiger partial charge in [0, 0.05) is 43.3 Å². The van der Waals surface area contributed by atoms with E-state index >= 15 is 0 Å². The van der Waals surface area contributed by atoms with Gasteiger partial charge in [-0.25, -0.2) is 4.98 Å². The normalized spacial score (nSPS) is 17.1. The Morgan fingerprint density at radius 2 is 2.05 bits per heavy atom. The quantitative estimate of drug-likeness (QED) is 0.860. The van der Waals surface area contributed by atoms with Gasteiger partial charge in [-0.05, 0) is 13.8 Å². The minimum absolute atomic E-state index is 0.853. The molecule has 1 aliphatic rings. The van der Waals surface area contributed by atoms with Crippen LogP contribution in [-0.2, 0) is 6.54 Å². The summed E-state index contributed by atoms with van der Waals surface area (Å²) in [6, 6.07) is 2.01. The molecular weight excluding hydrogens is 260 g/mol. The third-order valence-electron chi connectivity index (χ3n) is 3.31. The number of nitrogens with zero attached hydrogens (tertiary/aromatic N) is 4. The molecule has 0 aliphatic carbocycles. The molecule has 3 rings (SSSR count). The predicted molar refractivity (Wildman–Crippen MR) is 75.6 cm³/mol. The molecule has 6 heteroatoms. The van der Waals surface area contributed by atoms with E-state index in [2.05, 4.69) is 26.9 Å². The Balaban J connectivity index is 1.54. The zero-order valence-corrected chi connectivity index (χ0v) is 12.1. The van der Waals surface area contributed by atoms with Gasteiger partial charge in [-0.3, -0.25) is 4.90 Å². The number of rotatable bonds is 3. The van der Waals surface area contributed by atoms with Crippen molar-refractivity contribution in [2.45, 2.75) is 20.4 Å². The van der Waals surface area contributed by atoms with Crippen molar-refractivity contribution in [3.63, 3.8) is 0 Å². The smallest absolute Gasteiger partial charge is 0.185 e. The van der Waals surface area contributed by atoms with Gasteiger partial charge < -0.3 is 9.42 Å². The van der Waals surface area contributed by atoms with Crippen LogP contribution in [0.1, 0.15) is 16.3 Å². The van der Waals surface area contributed by atoms with Gasteiger partial charge in [-0.2, -0.15) is 0 Å². The van der Waals surface area contributed by atoms with Crippen molar-refractivity contribution in [3.8, 4) is 0 Å². The van der Waals surface area contributed by atoms with Crippen LogP contribution in [0, 0.1) is 13.8 Å². The van der Waals surface area contributed by atoms with Crippen LogP contribution in [0.2, 0.25) is 0 Å². The maximum Gasteiger partial charge on any atom is 0.185 e. The maximum atomic E-state index is 5.27. The highest BCUT2D eigenvalue weighted by molar-refractivity contribution is 7.15. The summed E-state index contributed by atoms with van der Waals surface area (Å²) in [5.74, 6) is 0.955. The molecule has 1 saturated heterocycles. The van der Waals surface area contributed by atoms with Crippen molar-refractivity contribution in [1.82, 2.24) is 15.0 Å². The fourth-order valence-electron chi connectivity index (χ4n) is 2.30. The predicted octanol–water partition coefficient (Wildman–Crippen LogP) is 2.07. The first-order chi connectivity index (χ1) is 9.20. The lowest BCUT2D eigenvalue weighted by atomic mass is 10.3. The van der Waals surface area contributed by atoms with Crippen molar-refractivity contribution in [2.75, 3.05) is 31.1 Å². The van der Waals surface area contributed by atoms with E-state index in [4.69, 9.17) is 4.52 Å². The van der Waals surface area contributed by atoms with Crippen LogP contribution in [0.4, 0.5) is 5.13 Å². The summed E-state index contributed by atoms with van der Waals surface area (Å²) in [7, 11) is 0. The van der Waals surface area contributed by atoms with Crippen LogP contribution in [0.3, 0.4) is 0 Å². The molecule has 1 aliphatic heterocycles. The standard InChI is InChI=1S/C13H18N4OS/c1-10-7-12(18-15-10)9-16-3-5-17(6-4-16)13-14-8-11(2)19-13/h7-8H,3-6,9H2,1-2H3. The molecule has 0 atom stereocenters. The summed E-state index contributed by atoms with van der Waals surface area (Å²) in [4.78, 5) is 10.5. The molecule has 0 saturated carbocycles. The average molecular weight is 278 g/mol. The molecule has 19 heavy (non-hydrogen) atoms. The van der Waals surface area contributed by atoms with Gasteiger partial charge in [0.25, 0.3) is 0 Å². The molecule has 0 unspecified atom stereocenters. The van der Waals surface area contributed by atoms with Crippen LogP contribution in [-0.4, -0.2) is 41.2 Å². The number of piperazine rings is 1. The molecule has 0 aromatic carbocycles. The first-order valence-electron chi connectivity index (χ1n) is 6.52. The maximum absolute atomic E-state index is 5.27. The number of hydrogen-bond acceptors (Lipinski definition) is 6. The largest absolute Gasteiger partial charge is 0.360 e. The topological polar surface area (TPSA) is 45.4 Å².